The molecule has 24 heavy (non-hydrogen) atoms. The minimum absolute atomic E-state index is 0.338. The Hall–Kier alpha value is -1.93. The van der Waals surface area contributed by atoms with Gasteiger partial charge in [-0.25, -0.2) is 4.98 Å². The fourth-order valence-electron chi connectivity index (χ4n) is 1.97. The first kappa shape index (κ1) is 18.4. The van der Waals surface area contributed by atoms with Crippen LogP contribution in [0.25, 0.3) is 0 Å². The number of aromatic nitrogens is 1. The molecular weight excluding hydrogens is 341 g/mol. The van der Waals surface area contributed by atoms with E-state index in [2.05, 4.69) is 21.1 Å². The summed E-state index contributed by atoms with van der Waals surface area (Å²) in [5.41, 5.74) is 2.28. The number of benzene rings is 1. The molecule has 0 fully saturated rings. The van der Waals surface area contributed by atoms with E-state index >= 15 is 0 Å². The Morgan fingerprint density at radius 2 is 2.17 bits per heavy atom. The van der Waals surface area contributed by atoms with Crippen molar-refractivity contribution in [3.05, 3.63) is 46.5 Å². The molecule has 0 bridgehead atoms. The molecule has 1 unspecified atom stereocenters. The lowest BCUT2D eigenvalue weighted by Gasteiger charge is -2.13. The lowest BCUT2D eigenvalue weighted by Crippen LogP contribution is -2.31. The number of halogens is 3. The summed E-state index contributed by atoms with van der Waals surface area (Å²) < 4.78 is 40.7. The molecule has 1 atom stereocenters. The van der Waals surface area contributed by atoms with Gasteiger partial charge in [-0.2, -0.15) is 13.2 Å². The second-order valence-electron chi connectivity index (χ2n) is 5.36. The molecule has 0 saturated carbocycles. The predicted molar refractivity (Wildman–Crippen MR) is 86.2 cm³/mol. The third-order valence-corrected chi connectivity index (χ3v) is 4.02. The summed E-state index contributed by atoms with van der Waals surface area (Å²) in [6.45, 7) is 1.81. The zero-order valence-electron chi connectivity index (χ0n) is 13.2. The van der Waals surface area contributed by atoms with Gasteiger partial charge in [0.15, 0.2) is 5.13 Å². The average molecular weight is 358 g/mol. The van der Waals surface area contributed by atoms with Crippen LogP contribution in [0.3, 0.4) is 0 Å². The van der Waals surface area contributed by atoms with E-state index in [-0.39, 0.29) is 0 Å². The minimum Gasteiger partial charge on any atom is -0.359 e. The minimum atomic E-state index is -4.46. The number of thiazole rings is 1. The quantitative estimate of drug-likeness (QED) is 0.851. The molecule has 1 aromatic heterocycles. The van der Waals surface area contributed by atoms with Gasteiger partial charge >= 0.3 is 6.18 Å². The Morgan fingerprint density at radius 3 is 2.83 bits per heavy atom. The molecular formula is C16H17F3N2O2S. The molecule has 0 aliphatic rings. The Bertz CT molecular complexity index is 701. The van der Waals surface area contributed by atoms with E-state index < -0.39 is 24.8 Å². The van der Waals surface area contributed by atoms with Crippen molar-refractivity contribution in [2.45, 2.75) is 32.5 Å². The van der Waals surface area contributed by atoms with Gasteiger partial charge in [0.05, 0.1) is 0 Å². The molecule has 2 rings (SSSR count). The second kappa shape index (κ2) is 7.76. The van der Waals surface area contributed by atoms with Gasteiger partial charge < -0.3 is 4.74 Å². The van der Waals surface area contributed by atoms with Gasteiger partial charge in [0.1, 0.15) is 12.7 Å². The van der Waals surface area contributed by atoms with Crippen molar-refractivity contribution < 1.29 is 22.7 Å². The highest BCUT2D eigenvalue weighted by Gasteiger charge is 2.30. The number of alkyl halides is 3. The maximum Gasteiger partial charge on any atom is 0.411 e. The van der Waals surface area contributed by atoms with E-state index in [0.29, 0.717) is 11.6 Å². The van der Waals surface area contributed by atoms with Crippen molar-refractivity contribution in [1.29, 1.82) is 0 Å². The summed E-state index contributed by atoms with van der Waals surface area (Å²) in [4.78, 5) is 16.8. The number of anilines is 1. The lowest BCUT2D eigenvalue weighted by molar-refractivity contribution is -0.184. The first-order chi connectivity index (χ1) is 11.2. The summed E-state index contributed by atoms with van der Waals surface area (Å²) in [7, 11) is 0. The van der Waals surface area contributed by atoms with Gasteiger partial charge in [0.25, 0.3) is 5.91 Å². The fourth-order valence-corrected chi connectivity index (χ4v) is 2.82. The van der Waals surface area contributed by atoms with E-state index in [4.69, 9.17) is 0 Å². The summed E-state index contributed by atoms with van der Waals surface area (Å²) in [5, 5.41) is 2.81. The molecule has 130 valence electrons. The molecule has 2 aromatic rings. The molecule has 8 heteroatoms. The number of aryl methyl sites for hydroxylation is 1. The topological polar surface area (TPSA) is 51.2 Å². The van der Waals surface area contributed by atoms with Crippen LogP contribution in [-0.2, 0) is 16.0 Å². The highest BCUT2D eigenvalue weighted by atomic mass is 32.1. The van der Waals surface area contributed by atoms with Gasteiger partial charge in [0, 0.05) is 17.5 Å². The fraction of sp³-hybridized carbons (Fsp3) is 0.375. The van der Waals surface area contributed by atoms with E-state index in [1.165, 1.54) is 18.3 Å². The Labute approximate surface area is 141 Å². The van der Waals surface area contributed by atoms with E-state index in [1.54, 1.807) is 6.20 Å². The predicted octanol–water partition coefficient (Wildman–Crippen LogP) is 3.95. The number of carbonyl (C=O) groups excluding carboxylic acids is 1. The number of hydrogen-bond acceptors (Lipinski definition) is 4. The first-order valence-electron chi connectivity index (χ1n) is 7.22. The number of rotatable bonds is 6. The Balaban J connectivity index is 1.90. The smallest absolute Gasteiger partial charge is 0.359 e. The number of hydrogen-bond donors (Lipinski definition) is 1. The third kappa shape index (κ3) is 5.93. The van der Waals surface area contributed by atoms with Gasteiger partial charge in [-0.3, -0.25) is 10.1 Å². The van der Waals surface area contributed by atoms with Crippen LogP contribution in [-0.4, -0.2) is 29.8 Å². The van der Waals surface area contributed by atoms with Crippen LogP contribution < -0.4 is 5.32 Å². The van der Waals surface area contributed by atoms with Crippen LogP contribution in [0, 0.1) is 6.92 Å². The number of nitrogens with one attached hydrogen (secondary N) is 1. The van der Waals surface area contributed by atoms with Crippen molar-refractivity contribution >= 4 is 22.4 Å². The van der Waals surface area contributed by atoms with Crippen molar-refractivity contribution in [3.63, 3.8) is 0 Å². The summed E-state index contributed by atoms with van der Waals surface area (Å²) >= 11 is 1.28. The Morgan fingerprint density at radius 1 is 1.42 bits per heavy atom. The third-order valence-electron chi connectivity index (χ3n) is 3.11. The second-order valence-corrected chi connectivity index (χ2v) is 6.47. The largest absolute Gasteiger partial charge is 0.411 e. The van der Waals surface area contributed by atoms with Crippen LogP contribution in [0.15, 0.2) is 30.5 Å². The van der Waals surface area contributed by atoms with Gasteiger partial charge in [-0.05, 0) is 19.4 Å². The van der Waals surface area contributed by atoms with Crippen molar-refractivity contribution in [1.82, 2.24) is 4.98 Å². The normalized spacial score (nSPS) is 12.9. The van der Waals surface area contributed by atoms with Gasteiger partial charge in [-0.1, -0.05) is 29.8 Å². The highest BCUT2D eigenvalue weighted by molar-refractivity contribution is 7.15. The molecule has 1 N–H and O–H groups in total. The van der Waals surface area contributed by atoms with Gasteiger partial charge in [0.2, 0.25) is 0 Å². The molecule has 1 aromatic carbocycles. The summed E-state index contributed by atoms with van der Waals surface area (Å²) in [6, 6.07) is 8.03. The molecule has 0 saturated heterocycles. The van der Waals surface area contributed by atoms with Crippen molar-refractivity contribution in [3.8, 4) is 0 Å². The van der Waals surface area contributed by atoms with Crippen molar-refractivity contribution in [2.75, 3.05) is 11.9 Å². The molecule has 4 nitrogen and oxygen atoms in total. The number of amides is 1. The monoisotopic (exact) mass is 358 g/mol. The molecule has 0 aliphatic heterocycles. The molecule has 1 heterocycles. The maximum atomic E-state index is 12.1. The number of nitrogens with zero attached hydrogens (tertiary/aromatic N) is 1. The van der Waals surface area contributed by atoms with E-state index in [1.807, 2.05) is 25.1 Å². The Kier molecular flexibility index (Phi) is 5.95. The molecule has 0 aliphatic carbocycles. The van der Waals surface area contributed by atoms with Crippen LogP contribution in [0.5, 0.6) is 0 Å². The van der Waals surface area contributed by atoms with Crippen LogP contribution >= 0.6 is 11.3 Å². The van der Waals surface area contributed by atoms with Crippen LogP contribution in [0.2, 0.25) is 0 Å². The zero-order chi connectivity index (χ0) is 17.7. The number of ether oxygens (including phenoxy) is 1. The van der Waals surface area contributed by atoms with Crippen LogP contribution in [0.4, 0.5) is 18.3 Å². The standard InChI is InChI=1S/C16H17F3N2O2S/c1-10-4-3-5-12(6-10)7-13-8-20-15(24-13)21-14(22)11(2)23-9-16(17,18)19/h3-6,8,11H,7,9H2,1-2H3,(H,20,21,22). The van der Waals surface area contributed by atoms with Gasteiger partial charge in [-0.15, -0.1) is 11.3 Å². The SMILES string of the molecule is Cc1cccc(Cc2cnc(NC(=O)C(C)OCC(F)(F)F)s2)c1. The summed E-state index contributed by atoms with van der Waals surface area (Å²) in [5.74, 6) is -0.657. The zero-order valence-corrected chi connectivity index (χ0v) is 14.0. The van der Waals surface area contributed by atoms with Crippen molar-refractivity contribution in [2.24, 2.45) is 0 Å². The average Bonchev–Trinajstić information content (AvgIpc) is 2.91. The molecule has 0 radical (unpaired) electrons. The molecule has 0 spiro atoms. The first-order valence-corrected chi connectivity index (χ1v) is 8.04. The lowest BCUT2D eigenvalue weighted by atomic mass is 10.1. The maximum absolute atomic E-state index is 12.1. The summed E-state index contributed by atoms with van der Waals surface area (Å²) in [6.07, 6.45) is -3.36. The molecule has 1 amide bonds. The number of carbonyl (C=O) groups is 1. The highest BCUT2D eigenvalue weighted by Crippen LogP contribution is 2.22. The van der Waals surface area contributed by atoms with E-state index in [9.17, 15) is 18.0 Å². The van der Waals surface area contributed by atoms with E-state index in [0.717, 1.165) is 16.0 Å². The van der Waals surface area contributed by atoms with Crippen LogP contribution in [0.1, 0.15) is 22.9 Å².